The Kier molecular flexibility index (Phi) is 3.17. The van der Waals surface area contributed by atoms with Gasteiger partial charge in [-0.3, -0.25) is 4.98 Å². The van der Waals surface area contributed by atoms with Crippen LogP contribution >= 0.6 is 11.3 Å². The molecule has 1 N–H and O–H groups in total. The normalized spacial score (nSPS) is 22.1. The lowest BCUT2D eigenvalue weighted by molar-refractivity contribution is 0.185. The number of fused-ring (bicyclic) bond motifs is 1. The number of nitrogens with one attached hydrogen (secondary N) is 1. The molecular weight excluding hydrogens is 288 g/mol. The second-order valence-electron chi connectivity index (χ2n) is 5.02. The van der Waals surface area contributed by atoms with Gasteiger partial charge in [-0.25, -0.2) is 0 Å². The molecule has 0 amide bonds. The van der Waals surface area contributed by atoms with E-state index in [9.17, 15) is 0 Å². The number of hydrogen-bond acceptors (Lipinski definition) is 7. The maximum absolute atomic E-state index is 5.48. The SMILES string of the molecule is CNC1COCC1c1nc(-c2cnc3ccsc3c2)no1. The quantitative estimate of drug-likeness (QED) is 0.798. The van der Waals surface area contributed by atoms with Crippen molar-refractivity contribution in [2.24, 2.45) is 0 Å². The fourth-order valence-electron chi connectivity index (χ4n) is 2.55. The topological polar surface area (TPSA) is 73.1 Å². The Morgan fingerprint density at radius 1 is 1.38 bits per heavy atom. The summed E-state index contributed by atoms with van der Waals surface area (Å²) >= 11 is 1.65. The van der Waals surface area contributed by atoms with E-state index in [1.54, 1.807) is 17.5 Å². The van der Waals surface area contributed by atoms with Gasteiger partial charge in [-0.05, 0) is 24.6 Å². The van der Waals surface area contributed by atoms with Crippen molar-refractivity contribution in [2.75, 3.05) is 20.3 Å². The number of hydrogen-bond donors (Lipinski definition) is 1. The summed E-state index contributed by atoms with van der Waals surface area (Å²) in [6.45, 7) is 1.27. The maximum atomic E-state index is 5.48. The summed E-state index contributed by atoms with van der Waals surface area (Å²) in [5, 5.41) is 9.33. The van der Waals surface area contributed by atoms with Crippen LogP contribution < -0.4 is 5.32 Å². The molecule has 0 aromatic carbocycles. The Morgan fingerprint density at radius 2 is 2.33 bits per heavy atom. The van der Waals surface area contributed by atoms with Crippen LogP contribution in [0.2, 0.25) is 0 Å². The summed E-state index contributed by atoms with van der Waals surface area (Å²) in [6.07, 6.45) is 1.78. The predicted octanol–water partition coefficient (Wildman–Crippen LogP) is 2.05. The number of ether oxygens (including phenoxy) is 1. The first kappa shape index (κ1) is 12.9. The van der Waals surface area contributed by atoms with Gasteiger partial charge >= 0.3 is 0 Å². The van der Waals surface area contributed by atoms with E-state index in [-0.39, 0.29) is 12.0 Å². The van der Waals surface area contributed by atoms with Crippen LogP contribution in [0, 0.1) is 0 Å². The molecule has 0 radical (unpaired) electrons. The standard InChI is InChI=1S/C14H14N4O2S/c1-15-11-7-19-6-9(11)14-17-13(18-20-14)8-4-12-10(16-5-8)2-3-21-12/h2-5,9,11,15H,6-7H2,1H3. The second-order valence-corrected chi connectivity index (χ2v) is 5.97. The smallest absolute Gasteiger partial charge is 0.234 e. The Hall–Kier alpha value is -1.83. The second kappa shape index (κ2) is 5.18. The molecule has 3 aromatic rings. The van der Waals surface area contributed by atoms with E-state index < -0.39 is 0 Å². The number of thiophene rings is 1. The average Bonchev–Trinajstić information content (AvgIpc) is 3.24. The van der Waals surface area contributed by atoms with Gasteiger partial charge in [0, 0.05) is 17.8 Å². The third-order valence-corrected chi connectivity index (χ3v) is 4.62. The molecule has 4 rings (SSSR count). The third-order valence-electron chi connectivity index (χ3n) is 3.77. The zero-order chi connectivity index (χ0) is 14.2. The van der Waals surface area contributed by atoms with Crippen molar-refractivity contribution in [1.29, 1.82) is 0 Å². The fourth-order valence-corrected chi connectivity index (χ4v) is 3.33. The minimum atomic E-state index is 0.106. The number of nitrogens with zero attached hydrogens (tertiary/aromatic N) is 3. The first-order chi connectivity index (χ1) is 10.3. The molecule has 2 unspecified atom stereocenters. The van der Waals surface area contributed by atoms with Gasteiger partial charge in [0.05, 0.1) is 29.3 Å². The summed E-state index contributed by atoms with van der Waals surface area (Å²) < 4.78 is 12.0. The van der Waals surface area contributed by atoms with E-state index in [4.69, 9.17) is 9.26 Å². The summed E-state index contributed by atoms with van der Waals surface area (Å²) in [4.78, 5) is 8.93. The molecule has 0 spiro atoms. The van der Waals surface area contributed by atoms with Gasteiger partial charge in [0.15, 0.2) is 0 Å². The van der Waals surface area contributed by atoms with Crippen LogP contribution in [0.25, 0.3) is 21.6 Å². The number of pyridine rings is 1. The average molecular weight is 302 g/mol. The van der Waals surface area contributed by atoms with Crippen molar-refractivity contribution in [3.05, 3.63) is 29.6 Å². The van der Waals surface area contributed by atoms with Crippen molar-refractivity contribution >= 4 is 21.6 Å². The molecule has 1 fully saturated rings. The highest BCUT2D eigenvalue weighted by atomic mass is 32.1. The molecule has 7 heteroatoms. The highest BCUT2D eigenvalue weighted by molar-refractivity contribution is 7.17. The van der Waals surface area contributed by atoms with E-state index in [1.165, 1.54) is 0 Å². The van der Waals surface area contributed by atoms with Crippen LogP contribution in [0.5, 0.6) is 0 Å². The third kappa shape index (κ3) is 2.23. The fraction of sp³-hybridized carbons (Fsp3) is 0.357. The van der Waals surface area contributed by atoms with Gasteiger partial charge in [0.2, 0.25) is 11.7 Å². The summed E-state index contributed by atoms with van der Waals surface area (Å²) in [6, 6.07) is 4.26. The highest BCUT2D eigenvalue weighted by Crippen LogP contribution is 2.28. The van der Waals surface area contributed by atoms with Crippen LogP contribution in [0.1, 0.15) is 11.8 Å². The van der Waals surface area contributed by atoms with Crippen LogP contribution in [0.4, 0.5) is 0 Å². The molecular formula is C14H14N4O2S. The van der Waals surface area contributed by atoms with E-state index in [0.717, 1.165) is 15.8 Å². The van der Waals surface area contributed by atoms with Gasteiger partial charge in [-0.15, -0.1) is 11.3 Å². The molecule has 3 aromatic heterocycles. The lowest BCUT2D eigenvalue weighted by atomic mass is 10.0. The first-order valence-corrected chi connectivity index (χ1v) is 7.65. The molecule has 0 saturated carbocycles. The van der Waals surface area contributed by atoms with Crippen LogP contribution in [0.3, 0.4) is 0 Å². The van der Waals surface area contributed by atoms with E-state index >= 15 is 0 Å². The molecule has 21 heavy (non-hydrogen) atoms. The Morgan fingerprint density at radius 3 is 3.24 bits per heavy atom. The maximum Gasteiger partial charge on any atom is 0.234 e. The van der Waals surface area contributed by atoms with Crippen LogP contribution in [-0.4, -0.2) is 41.4 Å². The predicted molar refractivity (Wildman–Crippen MR) is 79.3 cm³/mol. The van der Waals surface area contributed by atoms with Gasteiger partial charge in [0.25, 0.3) is 0 Å². The van der Waals surface area contributed by atoms with Crippen molar-refractivity contribution < 1.29 is 9.26 Å². The molecule has 6 nitrogen and oxygen atoms in total. The molecule has 4 heterocycles. The number of rotatable bonds is 3. The van der Waals surface area contributed by atoms with Crippen LogP contribution in [-0.2, 0) is 4.74 Å². The zero-order valence-electron chi connectivity index (χ0n) is 11.4. The first-order valence-electron chi connectivity index (χ1n) is 6.77. The molecule has 1 aliphatic rings. The van der Waals surface area contributed by atoms with Gasteiger partial charge in [-0.2, -0.15) is 4.98 Å². The summed E-state index contributed by atoms with van der Waals surface area (Å²) in [7, 11) is 1.91. The lowest BCUT2D eigenvalue weighted by Crippen LogP contribution is -2.31. The molecule has 1 aliphatic heterocycles. The minimum Gasteiger partial charge on any atom is -0.379 e. The van der Waals surface area contributed by atoms with Gasteiger partial charge < -0.3 is 14.6 Å². The Labute approximate surface area is 125 Å². The molecule has 0 aliphatic carbocycles. The molecule has 1 saturated heterocycles. The monoisotopic (exact) mass is 302 g/mol. The Balaban J connectivity index is 1.67. The highest BCUT2D eigenvalue weighted by Gasteiger charge is 2.33. The van der Waals surface area contributed by atoms with Gasteiger partial charge in [-0.1, -0.05) is 5.16 Å². The number of aromatic nitrogens is 3. The van der Waals surface area contributed by atoms with Gasteiger partial charge in [0.1, 0.15) is 0 Å². The number of likely N-dealkylation sites (N-methyl/N-ethyl adjacent to an activating group) is 1. The van der Waals surface area contributed by atoms with E-state index in [1.807, 2.05) is 24.6 Å². The molecule has 0 bridgehead atoms. The van der Waals surface area contributed by atoms with Crippen LogP contribution in [0.15, 0.2) is 28.2 Å². The van der Waals surface area contributed by atoms with Crippen molar-refractivity contribution in [2.45, 2.75) is 12.0 Å². The summed E-state index contributed by atoms with van der Waals surface area (Å²) in [5.41, 5.74) is 1.87. The lowest BCUT2D eigenvalue weighted by Gasteiger charge is -2.11. The largest absolute Gasteiger partial charge is 0.379 e. The van der Waals surface area contributed by atoms with Crippen molar-refractivity contribution in [3.63, 3.8) is 0 Å². The Bertz CT molecular complexity index is 769. The van der Waals surface area contributed by atoms with Crippen molar-refractivity contribution in [3.8, 4) is 11.4 Å². The zero-order valence-corrected chi connectivity index (χ0v) is 12.3. The van der Waals surface area contributed by atoms with Crippen molar-refractivity contribution in [1.82, 2.24) is 20.4 Å². The van der Waals surface area contributed by atoms with E-state index in [0.29, 0.717) is 24.9 Å². The minimum absolute atomic E-state index is 0.106. The summed E-state index contributed by atoms with van der Waals surface area (Å²) in [5.74, 6) is 1.30. The molecule has 108 valence electrons. The van der Waals surface area contributed by atoms with E-state index in [2.05, 4.69) is 20.4 Å². The molecule has 2 atom stereocenters.